The number of para-hydroxylation sites is 1. The average molecular weight is 515 g/mol. The molecular formula is C26H23ClN8O2. The van der Waals surface area contributed by atoms with Gasteiger partial charge in [-0.05, 0) is 43.4 Å². The maximum atomic E-state index is 13.4. The van der Waals surface area contributed by atoms with E-state index in [1.54, 1.807) is 47.1 Å². The maximum absolute atomic E-state index is 13.4. The van der Waals surface area contributed by atoms with Gasteiger partial charge in [-0.3, -0.25) is 14.0 Å². The SMILES string of the molecule is CN1CCN(C(=O)c2ccc(Nc3ncc4c(=O)n(-c5ccccc5Cl)c5nccn5c4n3)cc2)CC1. The first-order valence-corrected chi connectivity index (χ1v) is 12.2. The van der Waals surface area contributed by atoms with Gasteiger partial charge in [-0.2, -0.15) is 4.98 Å². The quantitative estimate of drug-likeness (QED) is 0.393. The molecule has 6 rings (SSSR count). The topological polar surface area (TPSA) is 101 Å². The van der Waals surface area contributed by atoms with Crippen LogP contribution in [0.15, 0.2) is 71.9 Å². The minimum atomic E-state index is -0.319. The molecule has 1 aliphatic rings. The van der Waals surface area contributed by atoms with Gasteiger partial charge < -0.3 is 15.1 Å². The van der Waals surface area contributed by atoms with E-state index in [0.29, 0.717) is 39.0 Å². The van der Waals surface area contributed by atoms with E-state index < -0.39 is 0 Å². The Morgan fingerprint density at radius 2 is 1.76 bits per heavy atom. The summed E-state index contributed by atoms with van der Waals surface area (Å²) >= 11 is 6.38. The van der Waals surface area contributed by atoms with Crippen LogP contribution in [0.4, 0.5) is 11.6 Å². The molecule has 0 saturated carbocycles. The third kappa shape index (κ3) is 4.20. The molecule has 0 aliphatic carbocycles. The van der Waals surface area contributed by atoms with Gasteiger partial charge in [-0.15, -0.1) is 0 Å². The summed E-state index contributed by atoms with van der Waals surface area (Å²) < 4.78 is 3.18. The number of halogens is 1. The van der Waals surface area contributed by atoms with E-state index in [0.717, 1.165) is 31.9 Å². The van der Waals surface area contributed by atoms with E-state index in [2.05, 4.69) is 32.2 Å². The minimum absolute atomic E-state index is 0.0268. The second-order valence-electron chi connectivity index (χ2n) is 8.92. The summed E-state index contributed by atoms with van der Waals surface area (Å²) in [5, 5.41) is 3.92. The van der Waals surface area contributed by atoms with Gasteiger partial charge in [0.15, 0.2) is 5.65 Å². The molecule has 1 aliphatic heterocycles. The Hall–Kier alpha value is -4.28. The van der Waals surface area contributed by atoms with Crippen LogP contribution < -0.4 is 10.9 Å². The van der Waals surface area contributed by atoms with Crippen LogP contribution in [0.5, 0.6) is 0 Å². The molecule has 4 heterocycles. The molecule has 1 amide bonds. The Bertz CT molecular complexity index is 1690. The Morgan fingerprint density at radius 3 is 2.51 bits per heavy atom. The number of nitrogens with zero attached hydrogens (tertiary/aromatic N) is 7. The lowest BCUT2D eigenvalue weighted by Gasteiger charge is -2.32. The number of piperazine rings is 1. The second kappa shape index (κ2) is 9.30. The Balaban J connectivity index is 1.31. The molecule has 5 aromatic rings. The predicted molar refractivity (Wildman–Crippen MR) is 142 cm³/mol. The van der Waals surface area contributed by atoms with E-state index in [4.69, 9.17) is 11.6 Å². The molecule has 3 aromatic heterocycles. The standard InChI is InChI=1S/C26H23ClN8O2/c1-32-12-14-33(15-13-32)23(36)17-6-8-18(9-7-17)30-25-29-16-19-22(31-25)34-11-10-28-26(34)35(24(19)37)21-5-3-2-4-20(21)27/h2-11,16H,12-15H2,1H3,(H,29,30,31). The summed E-state index contributed by atoms with van der Waals surface area (Å²) in [4.78, 5) is 43.7. The number of aromatic nitrogens is 5. The highest BCUT2D eigenvalue weighted by atomic mass is 35.5. The van der Waals surface area contributed by atoms with Crippen molar-refractivity contribution >= 4 is 46.0 Å². The first-order valence-electron chi connectivity index (χ1n) is 11.8. The molecule has 186 valence electrons. The van der Waals surface area contributed by atoms with Gasteiger partial charge in [-0.1, -0.05) is 23.7 Å². The fourth-order valence-electron chi connectivity index (χ4n) is 4.47. The lowest BCUT2D eigenvalue weighted by molar-refractivity contribution is 0.0664. The molecule has 0 radical (unpaired) electrons. The van der Waals surface area contributed by atoms with Gasteiger partial charge in [0, 0.05) is 56.0 Å². The fourth-order valence-corrected chi connectivity index (χ4v) is 4.69. The zero-order valence-corrected chi connectivity index (χ0v) is 20.8. The van der Waals surface area contributed by atoms with E-state index in [1.165, 1.54) is 10.8 Å². The number of fused-ring (bicyclic) bond motifs is 3. The number of imidazole rings is 1. The molecule has 0 bridgehead atoms. The zero-order chi connectivity index (χ0) is 25.5. The summed E-state index contributed by atoms with van der Waals surface area (Å²) in [5.74, 6) is 0.733. The Labute approximate surface area is 216 Å². The number of nitrogens with one attached hydrogen (secondary N) is 1. The van der Waals surface area contributed by atoms with E-state index >= 15 is 0 Å². The summed E-state index contributed by atoms with van der Waals surface area (Å²) in [6, 6.07) is 14.3. The number of benzene rings is 2. The highest BCUT2D eigenvalue weighted by Gasteiger charge is 2.20. The van der Waals surface area contributed by atoms with Crippen LogP contribution in [0.25, 0.3) is 22.5 Å². The first kappa shape index (κ1) is 23.1. The normalized spacial score (nSPS) is 14.4. The third-order valence-electron chi connectivity index (χ3n) is 6.52. The monoisotopic (exact) mass is 514 g/mol. The average Bonchev–Trinajstić information content (AvgIpc) is 3.40. The molecule has 10 nitrogen and oxygen atoms in total. The van der Waals surface area contributed by atoms with Crippen LogP contribution >= 0.6 is 11.6 Å². The molecule has 37 heavy (non-hydrogen) atoms. The predicted octanol–water partition coefficient (Wildman–Crippen LogP) is 3.21. The number of amides is 1. The number of anilines is 2. The Kier molecular flexibility index (Phi) is 5.82. The summed E-state index contributed by atoms with van der Waals surface area (Å²) in [6.07, 6.45) is 4.83. The molecular weight excluding hydrogens is 492 g/mol. The van der Waals surface area contributed by atoms with Crippen LogP contribution in [-0.4, -0.2) is 72.9 Å². The molecule has 0 unspecified atom stereocenters. The van der Waals surface area contributed by atoms with Crippen molar-refractivity contribution in [2.45, 2.75) is 0 Å². The van der Waals surface area contributed by atoms with Gasteiger partial charge in [0.1, 0.15) is 5.39 Å². The summed E-state index contributed by atoms with van der Waals surface area (Å²) in [7, 11) is 2.06. The zero-order valence-electron chi connectivity index (χ0n) is 20.0. The number of rotatable bonds is 4. The van der Waals surface area contributed by atoms with Crippen molar-refractivity contribution in [3.05, 3.63) is 88.1 Å². The van der Waals surface area contributed by atoms with E-state index in [1.807, 2.05) is 23.1 Å². The molecule has 0 atom stereocenters. The van der Waals surface area contributed by atoms with Gasteiger partial charge in [0.05, 0.1) is 10.7 Å². The fraction of sp³-hybridized carbons (Fsp3) is 0.192. The molecule has 1 fully saturated rings. The number of carbonyl (C=O) groups is 1. The van der Waals surface area contributed by atoms with Crippen LogP contribution in [0.2, 0.25) is 5.02 Å². The van der Waals surface area contributed by atoms with Crippen LogP contribution in [-0.2, 0) is 0 Å². The Morgan fingerprint density at radius 1 is 1.00 bits per heavy atom. The van der Waals surface area contributed by atoms with Crippen LogP contribution in [0.1, 0.15) is 10.4 Å². The number of hydrogen-bond acceptors (Lipinski definition) is 7. The largest absolute Gasteiger partial charge is 0.336 e. The van der Waals surface area contributed by atoms with Crippen molar-refractivity contribution in [1.82, 2.24) is 33.7 Å². The first-order chi connectivity index (χ1) is 18.0. The van der Waals surface area contributed by atoms with Crippen molar-refractivity contribution in [3.8, 4) is 5.69 Å². The minimum Gasteiger partial charge on any atom is -0.336 e. The molecule has 0 spiro atoms. The van der Waals surface area contributed by atoms with Gasteiger partial charge in [-0.25, -0.2) is 14.5 Å². The van der Waals surface area contributed by atoms with Gasteiger partial charge >= 0.3 is 0 Å². The van der Waals surface area contributed by atoms with Crippen LogP contribution in [0.3, 0.4) is 0 Å². The van der Waals surface area contributed by atoms with Crippen molar-refractivity contribution in [3.63, 3.8) is 0 Å². The molecule has 1 N–H and O–H groups in total. The van der Waals surface area contributed by atoms with Crippen LogP contribution in [0, 0.1) is 0 Å². The highest BCUT2D eigenvalue weighted by Crippen LogP contribution is 2.23. The third-order valence-corrected chi connectivity index (χ3v) is 6.84. The molecule has 1 saturated heterocycles. The van der Waals surface area contributed by atoms with Crippen molar-refractivity contribution in [2.24, 2.45) is 0 Å². The maximum Gasteiger partial charge on any atom is 0.270 e. The van der Waals surface area contributed by atoms with Gasteiger partial charge in [0.25, 0.3) is 11.5 Å². The lowest BCUT2D eigenvalue weighted by Crippen LogP contribution is -2.47. The van der Waals surface area contributed by atoms with Gasteiger partial charge in [0.2, 0.25) is 11.7 Å². The summed E-state index contributed by atoms with van der Waals surface area (Å²) in [5.41, 5.74) is 1.98. The lowest BCUT2D eigenvalue weighted by atomic mass is 10.1. The number of hydrogen-bond donors (Lipinski definition) is 1. The van der Waals surface area contributed by atoms with Crippen molar-refractivity contribution in [1.29, 1.82) is 0 Å². The molecule has 2 aromatic carbocycles. The van der Waals surface area contributed by atoms with E-state index in [9.17, 15) is 9.59 Å². The smallest absolute Gasteiger partial charge is 0.270 e. The van der Waals surface area contributed by atoms with E-state index in [-0.39, 0.29) is 11.5 Å². The second-order valence-corrected chi connectivity index (χ2v) is 9.33. The highest BCUT2D eigenvalue weighted by molar-refractivity contribution is 6.32. The number of carbonyl (C=O) groups excluding carboxylic acids is 1. The van der Waals surface area contributed by atoms with Crippen molar-refractivity contribution in [2.75, 3.05) is 38.5 Å². The molecule has 11 heteroatoms. The summed E-state index contributed by atoms with van der Waals surface area (Å²) in [6.45, 7) is 3.19. The van der Waals surface area contributed by atoms with Crippen molar-refractivity contribution < 1.29 is 4.79 Å². The number of likely N-dealkylation sites (N-methyl/N-ethyl adjacent to an activating group) is 1.